The van der Waals surface area contributed by atoms with Gasteiger partial charge in [0.1, 0.15) is 5.75 Å². The van der Waals surface area contributed by atoms with Gasteiger partial charge in [0.05, 0.1) is 29.0 Å². The number of imide groups is 1. The SMILES string of the molecule is COc1ccc(N2C(=O)C[C@@H](Sc3ccccc3C(=O)[O-])C2=O)cc1Cl. The highest BCUT2D eigenvalue weighted by Gasteiger charge is 2.40. The second-order valence-corrected chi connectivity index (χ2v) is 7.13. The normalized spacial score (nSPS) is 16.8. The fraction of sp³-hybridized carbons (Fsp3) is 0.167. The van der Waals surface area contributed by atoms with Crippen LogP contribution >= 0.6 is 23.4 Å². The monoisotopic (exact) mass is 390 g/mol. The number of hydrogen-bond donors (Lipinski definition) is 0. The summed E-state index contributed by atoms with van der Waals surface area (Å²) in [5.74, 6) is -1.69. The summed E-state index contributed by atoms with van der Waals surface area (Å²) in [6, 6.07) is 10.9. The summed E-state index contributed by atoms with van der Waals surface area (Å²) in [5, 5.41) is 10.8. The molecule has 6 nitrogen and oxygen atoms in total. The van der Waals surface area contributed by atoms with Crippen molar-refractivity contribution in [2.75, 3.05) is 12.0 Å². The molecule has 3 rings (SSSR count). The van der Waals surface area contributed by atoms with Gasteiger partial charge >= 0.3 is 0 Å². The van der Waals surface area contributed by atoms with Crippen LogP contribution in [0.3, 0.4) is 0 Å². The van der Waals surface area contributed by atoms with E-state index in [0.717, 1.165) is 16.7 Å². The second-order valence-electron chi connectivity index (χ2n) is 5.48. The second kappa shape index (κ2) is 7.39. The van der Waals surface area contributed by atoms with Crippen molar-refractivity contribution < 1.29 is 24.2 Å². The molecule has 0 radical (unpaired) electrons. The number of amides is 2. The molecule has 2 amide bonds. The first-order chi connectivity index (χ1) is 12.4. The maximum Gasteiger partial charge on any atom is 0.247 e. The molecule has 0 spiro atoms. The number of carboxylic acid groups (broad SMARTS) is 1. The molecule has 1 saturated heterocycles. The number of hydrogen-bond acceptors (Lipinski definition) is 6. The predicted molar refractivity (Wildman–Crippen MR) is 95.5 cm³/mol. The molecule has 26 heavy (non-hydrogen) atoms. The smallest absolute Gasteiger partial charge is 0.247 e. The Morgan fingerprint density at radius 2 is 2.00 bits per heavy atom. The van der Waals surface area contributed by atoms with E-state index in [4.69, 9.17) is 16.3 Å². The Bertz CT molecular complexity index is 901. The third-order valence-corrected chi connectivity index (χ3v) is 5.43. The van der Waals surface area contributed by atoms with Crippen molar-refractivity contribution in [2.24, 2.45) is 0 Å². The number of carboxylic acids is 1. The molecule has 0 aliphatic carbocycles. The zero-order chi connectivity index (χ0) is 18.8. The van der Waals surface area contributed by atoms with Crippen molar-refractivity contribution in [3.63, 3.8) is 0 Å². The van der Waals surface area contributed by atoms with E-state index in [2.05, 4.69) is 0 Å². The minimum atomic E-state index is -1.33. The molecule has 2 aromatic carbocycles. The molecule has 0 unspecified atom stereocenters. The van der Waals surface area contributed by atoms with E-state index >= 15 is 0 Å². The number of thioether (sulfide) groups is 1. The number of nitrogens with zero attached hydrogens (tertiary/aromatic N) is 1. The summed E-state index contributed by atoms with van der Waals surface area (Å²) < 4.78 is 5.07. The van der Waals surface area contributed by atoms with Gasteiger partial charge in [0, 0.05) is 16.9 Å². The summed E-state index contributed by atoms with van der Waals surface area (Å²) in [5.41, 5.74) is 0.339. The van der Waals surface area contributed by atoms with E-state index < -0.39 is 17.1 Å². The van der Waals surface area contributed by atoms with Crippen molar-refractivity contribution in [1.29, 1.82) is 0 Å². The minimum absolute atomic E-state index is 0.0105. The molecule has 1 aliphatic heterocycles. The van der Waals surface area contributed by atoms with Crippen LogP contribution in [0.15, 0.2) is 47.4 Å². The topological polar surface area (TPSA) is 86.7 Å². The van der Waals surface area contributed by atoms with E-state index in [1.165, 1.54) is 19.2 Å². The van der Waals surface area contributed by atoms with Crippen molar-refractivity contribution in [2.45, 2.75) is 16.6 Å². The van der Waals surface area contributed by atoms with E-state index in [9.17, 15) is 19.5 Å². The van der Waals surface area contributed by atoms with Crippen molar-refractivity contribution >= 4 is 46.8 Å². The van der Waals surface area contributed by atoms with Crippen LogP contribution in [0.25, 0.3) is 0 Å². The molecule has 1 fully saturated rings. The van der Waals surface area contributed by atoms with Gasteiger partial charge in [-0.25, -0.2) is 4.90 Å². The van der Waals surface area contributed by atoms with Crippen molar-refractivity contribution in [3.05, 3.63) is 53.1 Å². The van der Waals surface area contributed by atoms with E-state index in [1.807, 2.05) is 0 Å². The highest BCUT2D eigenvalue weighted by atomic mass is 35.5. The summed E-state index contributed by atoms with van der Waals surface area (Å²) in [4.78, 5) is 37.7. The number of ether oxygens (including phenoxy) is 1. The van der Waals surface area contributed by atoms with Gasteiger partial charge in [0.25, 0.3) is 0 Å². The Labute approximate surface area is 158 Å². The van der Waals surface area contributed by atoms with E-state index in [1.54, 1.807) is 30.3 Å². The zero-order valence-electron chi connectivity index (χ0n) is 13.6. The lowest BCUT2D eigenvalue weighted by Gasteiger charge is -2.17. The van der Waals surface area contributed by atoms with Crippen LogP contribution in [0.4, 0.5) is 5.69 Å². The molecule has 8 heteroatoms. The fourth-order valence-electron chi connectivity index (χ4n) is 2.65. The van der Waals surface area contributed by atoms with Gasteiger partial charge in [-0.15, -0.1) is 11.8 Å². The maximum absolute atomic E-state index is 12.7. The first kappa shape index (κ1) is 18.3. The molecule has 1 atom stereocenters. The summed E-state index contributed by atoms with van der Waals surface area (Å²) >= 11 is 7.11. The number of halogens is 1. The number of benzene rings is 2. The van der Waals surface area contributed by atoms with Crippen LogP contribution in [-0.2, 0) is 9.59 Å². The highest BCUT2D eigenvalue weighted by molar-refractivity contribution is 8.00. The van der Waals surface area contributed by atoms with Crippen LogP contribution in [0.1, 0.15) is 16.8 Å². The molecule has 134 valence electrons. The zero-order valence-corrected chi connectivity index (χ0v) is 15.2. The third-order valence-electron chi connectivity index (χ3n) is 3.88. The average Bonchev–Trinajstić information content (AvgIpc) is 2.88. The molecular formula is C18H13ClNO5S-. The lowest BCUT2D eigenvalue weighted by molar-refractivity contribution is -0.255. The highest BCUT2D eigenvalue weighted by Crippen LogP contribution is 2.37. The fourth-order valence-corrected chi connectivity index (χ4v) is 4.08. The van der Waals surface area contributed by atoms with Gasteiger partial charge in [0.2, 0.25) is 11.8 Å². The van der Waals surface area contributed by atoms with Gasteiger partial charge in [-0.2, -0.15) is 0 Å². The Morgan fingerprint density at radius 3 is 2.65 bits per heavy atom. The lowest BCUT2D eigenvalue weighted by Crippen LogP contribution is -2.31. The lowest BCUT2D eigenvalue weighted by atomic mass is 10.2. The van der Waals surface area contributed by atoms with Gasteiger partial charge in [0.15, 0.2) is 0 Å². The predicted octanol–water partition coefficient (Wildman–Crippen LogP) is 2.14. The number of rotatable bonds is 5. The minimum Gasteiger partial charge on any atom is -0.545 e. The van der Waals surface area contributed by atoms with E-state index in [0.29, 0.717) is 16.3 Å². The molecule has 1 heterocycles. The molecule has 0 saturated carbocycles. The Kier molecular flexibility index (Phi) is 5.20. The van der Waals surface area contributed by atoms with Crippen LogP contribution in [0.2, 0.25) is 5.02 Å². The summed E-state index contributed by atoms with van der Waals surface area (Å²) in [6.07, 6.45) is -0.0332. The van der Waals surface area contributed by atoms with E-state index in [-0.39, 0.29) is 22.9 Å². The number of anilines is 1. The number of aromatic carboxylic acids is 1. The third kappa shape index (κ3) is 3.40. The van der Waals surface area contributed by atoms with Gasteiger partial charge in [-0.05, 0) is 24.3 Å². The van der Waals surface area contributed by atoms with Crippen LogP contribution in [0.5, 0.6) is 5.75 Å². The van der Waals surface area contributed by atoms with Gasteiger partial charge in [-0.1, -0.05) is 29.8 Å². The van der Waals surface area contributed by atoms with Crippen LogP contribution < -0.4 is 14.7 Å². The first-order valence-corrected chi connectivity index (χ1v) is 8.85. The number of carbonyl (C=O) groups is 3. The molecular weight excluding hydrogens is 378 g/mol. The molecule has 2 aromatic rings. The average molecular weight is 391 g/mol. The van der Waals surface area contributed by atoms with Crippen molar-refractivity contribution in [1.82, 2.24) is 0 Å². The van der Waals surface area contributed by atoms with Crippen LogP contribution in [0, 0.1) is 0 Å². The summed E-state index contributed by atoms with van der Waals surface area (Å²) in [6.45, 7) is 0. The molecule has 0 aromatic heterocycles. The van der Waals surface area contributed by atoms with Gasteiger partial charge in [-0.3, -0.25) is 9.59 Å². The summed E-state index contributed by atoms with van der Waals surface area (Å²) in [7, 11) is 1.47. The maximum atomic E-state index is 12.7. The van der Waals surface area contributed by atoms with Gasteiger partial charge < -0.3 is 14.6 Å². The van der Waals surface area contributed by atoms with Crippen LogP contribution in [-0.4, -0.2) is 30.1 Å². The Morgan fingerprint density at radius 1 is 1.27 bits per heavy atom. The number of methoxy groups -OCH3 is 1. The standard InChI is InChI=1S/C18H14ClNO5S/c1-25-13-7-6-10(8-12(13)19)20-16(21)9-15(17(20)22)26-14-5-3-2-4-11(14)18(23)24/h2-8,15H,9H2,1H3,(H,23,24)/p-1/t15-/m1/s1. The molecule has 0 bridgehead atoms. The molecule has 1 aliphatic rings. The van der Waals surface area contributed by atoms with Crippen molar-refractivity contribution in [3.8, 4) is 5.75 Å². The Hall–Kier alpha value is -2.51. The number of carbonyl (C=O) groups excluding carboxylic acids is 3. The molecule has 0 N–H and O–H groups in total. The first-order valence-electron chi connectivity index (χ1n) is 7.59. The quantitative estimate of drug-likeness (QED) is 0.727. The largest absolute Gasteiger partial charge is 0.545 e. The Balaban J connectivity index is 1.86.